The summed E-state index contributed by atoms with van der Waals surface area (Å²) in [5.41, 5.74) is 4.08. The molecule has 0 amide bonds. The highest BCUT2D eigenvalue weighted by Gasteiger charge is 2.21. The number of aryl methyl sites for hydroxylation is 2. The van der Waals surface area contributed by atoms with E-state index in [0.717, 1.165) is 22.3 Å². The maximum absolute atomic E-state index is 11.5. The summed E-state index contributed by atoms with van der Waals surface area (Å²) < 4.78 is 5.65. The molecule has 0 saturated heterocycles. The van der Waals surface area contributed by atoms with Crippen molar-refractivity contribution in [3.8, 4) is 5.75 Å². The molecule has 0 radical (unpaired) electrons. The predicted octanol–water partition coefficient (Wildman–Crippen LogP) is 4.34. The highest BCUT2D eigenvalue weighted by atomic mass is 35.5. The molecule has 0 fully saturated rings. The van der Waals surface area contributed by atoms with Crippen LogP contribution in [0.4, 0.5) is 0 Å². The van der Waals surface area contributed by atoms with E-state index in [1.807, 2.05) is 39.0 Å². The molecule has 0 aliphatic rings. The van der Waals surface area contributed by atoms with Gasteiger partial charge in [-0.15, -0.1) is 0 Å². The van der Waals surface area contributed by atoms with Crippen LogP contribution in [0.3, 0.4) is 0 Å². The number of carboxylic acids is 1. The monoisotopic (exact) mass is 318 g/mol. The minimum atomic E-state index is -0.978. The summed E-state index contributed by atoms with van der Waals surface area (Å²) in [7, 11) is 0. The first kappa shape index (κ1) is 16.4. The summed E-state index contributed by atoms with van der Waals surface area (Å²) in [6, 6.07) is 11.0. The summed E-state index contributed by atoms with van der Waals surface area (Å²) in [6.45, 7) is 5.86. The quantitative estimate of drug-likeness (QED) is 0.892. The standard InChI is InChI=1S/C18H19ClO3/c1-11-5-4-6-14(13(11)3)10-17(18(20)21)22-15-7-8-16(19)12(2)9-15/h4-9,17H,10H2,1-3H3,(H,20,21). The average molecular weight is 319 g/mol. The van der Waals surface area contributed by atoms with Crippen molar-refractivity contribution in [3.05, 3.63) is 63.7 Å². The second-order valence-electron chi connectivity index (χ2n) is 5.42. The zero-order valence-electron chi connectivity index (χ0n) is 12.9. The Hall–Kier alpha value is -2.00. The molecular weight excluding hydrogens is 300 g/mol. The van der Waals surface area contributed by atoms with E-state index in [0.29, 0.717) is 17.2 Å². The van der Waals surface area contributed by atoms with Crippen molar-refractivity contribution in [1.82, 2.24) is 0 Å². The second kappa shape index (κ2) is 6.84. The van der Waals surface area contributed by atoms with Gasteiger partial charge < -0.3 is 9.84 Å². The summed E-state index contributed by atoms with van der Waals surface area (Å²) in [6.07, 6.45) is -0.606. The molecule has 0 aromatic heterocycles. The van der Waals surface area contributed by atoms with Crippen LogP contribution in [0.5, 0.6) is 5.75 Å². The van der Waals surface area contributed by atoms with E-state index >= 15 is 0 Å². The van der Waals surface area contributed by atoms with Gasteiger partial charge in [-0.25, -0.2) is 4.79 Å². The van der Waals surface area contributed by atoms with Gasteiger partial charge in [0.2, 0.25) is 0 Å². The van der Waals surface area contributed by atoms with Crippen molar-refractivity contribution in [2.45, 2.75) is 33.3 Å². The zero-order valence-corrected chi connectivity index (χ0v) is 13.6. The number of carboxylic acid groups (broad SMARTS) is 1. The number of carbonyl (C=O) groups is 1. The van der Waals surface area contributed by atoms with E-state index in [1.54, 1.807) is 18.2 Å². The van der Waals surface area contributed by atoms with Crippen LogP contribution in [-0.2, 0) is 11.2 Å². The Kier molecular flexibility index (Phi) is 5.09. The maximum atomic E-state index is 11.5. The number of ether oxygens (including phenoxy) is 1. The van der Waals surface area contributed by atoms with Crippen molar-refractivity contribution < 1.29 is 14.6 Å². The van der Waals surface area contributed by atoms with E-state index in [2.05, 4.69) is 0 Å². The molecule has 2 aromatic carbocycles. The van der Waals surface area contributed by atoms with Gasteiger partial charge in [0.1, 0.15) is 5.75 Å². The van der Waals surface area contributed by atoms with Gasteiger partial charge >= 0.3 is 5.97 Å². The van der Waals surface area contributed by atoms with Crippen LogP contribution in [0.15, 0.2) is 36.4 Å². The van der Waals surface area contributed by atoms with Gasteiger partial charge in [-0.05, 0) is 61.2 Å². The fraction of sp³-hybridized carbons (Fsp3) is 0.278. The fourth-order valence-electron chi connectivity index (χ4n) is 2.27. The van der Waals surface area contributed by atoms with Gasteiger partial charge in [0.05, 0.1) is 0 Å². The Bertz CT molecular complexity index is 695. The summed E-state index contributed by atoms with van der Waals surface area (Å²) in [5.74, 6) is -0.465. The number of hydrogen-bond donors (Lipinski definition) is 1. The molecule has 22 heavy (non-hydrogen) atoms. The van der Waals surface area contributed by atoms with Crippen LogP contribution in [0.1, 0.15) is 22.3 Å². The number of rotatable bonds is 5. The van der Waals surface area contributed by atoms with Crippen molar-refractivity contribution in [3.63, 3.8) is 0 Å². The lowest BCUT2D eigenvalue weighted by molar-refractivity contribution is -0.145. The molecule has 1 N–H and O–H groups in total. The normalized spacial score (nSPS) is 12.0. The Morgan fingerprint density at radius 1 is 1.18 bits per heavy atom. The maximum Gasteiger partial charge on any atom is 0.345 e. The molecule has 0 saturated carbocycles. The van der Waals surface area contributed by atoms with Gasteiger partial charge in [-0.2, -0.15) is 0 Å². The Morgan fingerprint density at radius 2 is 1.91 bits per heavy atom. The van der Waals surface area contributed by atoms with Gasteiger partial charge in [0, 0.05) is 11.4 Å². The first-order valence-corrected chi connectivity index (χ1v) is 7.47. The predicted molar refractivity (Wildman–Crippen MR) is 87.9 cm³/mol. The number of hydrogen-bond acceptors (Lipinski definition) is 2. The van der Waals surface area contributed by atoms with Crippen LogP contribution in [0.25, 0.3) is 0 Å². The van der Waals surface area contributed by atoms with Crippen molar-refractivity contribution in [1.29, 1.82) is 0 Å². The molecule has 1 unspecified atom stereocenters. The smallest absolute Gasteiger partial charge is 0.345 e. The van der Waals surface area contributed by atoms with Gasteiger partial charge in [0.15, 0.2) is 6.10 Å². The Balaban J connectivity index is 2.21. The molecule has 3 nitrogen and oxygen atoms in total. The van der Waals surface area contributed by atoms with Gasteiger partial charge in [-0.3, -0.25) is 0 Å². The summed E-state index contributed by atoms with van der Waals surface area (Å²) >= 11 is 5.98. The molecule has 0 aliphatic heterocycles. The van der Waals surface area contributed by atoms with Gasteiger partial charge in [0.25, 0.3) is 0 Å². The van der Waals surface area contributed by atoms with Crippen molar-refractivity contribution in [2.24, 2.45) is 0 Å². The second-order valence-corrected chi connectivity index (χ2v) is 5.83. The van der Waals surface area contributed by atoms with Crippen LogP contribution < -0.4 is 4.74 Å². The lowest BCUT2D eigenvalue weighted by Gasteiger charge is -2.17. The molecule has 0 spiro atoms. The third-order valence-electron chi connectivity index (χ3n) is 3.81. The average Bonchev–Trinajstić information content (AvgIpc) is 2.46. The molecule has 1 atom stereocenters. The molecule has 116 valence electrons. The molecular formula is C18H19ClO3. The Labute approximate surface area is 135 Å². The number of benzene rings is 2. The fourth-order valence-corrected chi connectivity index (χ4v) is 2.38. The minimum Gasteiger partial charge on any atom is -0.478 e. The van der Waals surface area contributed by atoms with Gasteiger partial charge in [-0.1, -0.05) is 29.8 Å². The van der Waals surface area contributed by atoms with Crippen molar-refractivity contribution in [2.75, 3.05) is 0 Å². The Morgan fingerprint density at radius 3 is 2.55 bits per heavy atom. The largest absolute Gasteiger partial charge is 0.478 e. The lowest BCUT2D eigenvalue weighted by Crippen LogP contribution is -2.29. The van der Waals surface area contributed by atoms with Crippen LogP contribution in [-0.4, -0.2) is 17.2 Å². The van der Waals surface area contributed by atoms with E-state index in [4.69, 9.17) is 16.3 Å². The minimum absolute atomic E-state index is 0.324. The topological polar surface area (TPSA) is 46.5 Å². The van der Waals surface area contributed by atoms with Crippen molar-refractivity contribution >= 4 is 17.6 Å². The highest BCUT2D eigenvalue weighted by molar-refractivity contribution is 6.31. The van der Waals surface area contributed by atoms with E-state index in [-0.39, 0.29) is 0 Å². The first-order valence-electron chi connectivity index (χ1n) is 7.09. The molecule has 0 bridgehead atoms. The first-order chi connectivity index (χ1) is 10.4. The molecule has 0 heterocycles. The van der Waals surface area contributed by atoms with E-state index in [9.17, 15) is 9.90 Å². The molecule has 0 aliphatic carbocycles. The third-order valence-corrected chi connectivity index (χ3v) is 4.23. The molecule has 2 aromatic rings. The van der Waals surface area contributed by atoms with Crippen LogP contribution >= 0.6 is 11.6 Å². The zero-order chi connectivity index (χ0) is 16.3. The molecule has 2 rings (SSSR count). The van der Waals surface area contributed by atoms with Crippen LogP contribution in [0.2, 0.25) is 5.02 Å². The number of aliphatic carboxylic acids is 1. The highest BCUT2D eigenvalue weighted by Crippen LogP contribution is 2.23. The van der Waals surface area contributed by atoms with Crippen LogP contribution in [0, 0.1) is 20.8 Å². The lowest BCUT2D eigenvalue weighted by atomic mass is 9.98. The van der Waals surface area contributed by atoms with E-state index < -0.39 is 12.1 Å². The SMILES string of the molecule is Cc1cc(OC(Cc2cccc(C)c2C)C(=O)O)ccc1Cl. The third kappa shape index (κ3) is 3.80. The molecule has 4 heteroatoms. The van der Waals surface area contributed by atoms with E-state index in [1.165, 1.54) is 0 Å². The summed E-state index contributed by atoms with van der Waals surface area (Å²) in [5, 5.41) is 10.1. The number of halogens is 1. The summed E-state index contributed by atoms with van der Waals surface area (Å²) in [4.78, 5) is 11.5.